The summed E-state index contributed by atoms with van der Waals surface area (Å²) >= 11 is 0. The fraction of sp³-hybridized carbons (Fsp3) is 0.357. The Morgan fingerprint density at radius 3 is 2.19 bits per heavy atom. The van der Waals surface area contributed by atoms with Gasteiger partial charge in [-0.1, -0.05) is 81.4 Å². The van der Waals surface area contributed by atoms with Gasteiger partial charge >= 0.3 is 0 Å². The minimum absolute atomic E-state index is 0.109. The number of aromatic nitrogens is 3. The van der Waals surface area contributed by atoms with E-state index in [1.54, 1.807) is 23.8 Å². The van der Waals surface area contributed by atoms with Crippen molar-refractivity contribution in [3.8, 4) is 0 Å². The van der Waals surface area contributed by atoms with E-state index in [4.69, 9.17) is 14.9 Å². The molecule has 3 heterocycles. The summed E-state index contributed by atoms with van der Waals surface area (Å²) in [6.07, 6.45) is 0.276. The quantitative estimate of drug-likeness (QED) is 0.336. The second-order valence-corrected chi connectivity index (χ2v) is 15.2. The predicted octanol–water partition coefficient (Wildman–Crippen LogP) is 2.60. The van der Waals surface area contributed by atoms with E-state index in [-0.39, 0.29) is 11.6 Å². The van der Waals surface area contributed by atoms with Crippen LogP contribution >= 0.6 is 0 Å². The molecule has 4 aromatic rings. The molecule has 9 heteroatoms. The van der Waals surface area contributed by atoms with E-state index in [9.17, 15) is 10.2 Å². The highest BCUT2D eigenvalue weighted by atomic mass is 28.4. The van der Waals surface area contributed by atoms with Crippen LogP contribution in [0.4, 0.5) is 5.82 Å². The molecular formula is C28H34N4O4Si. The van der Waals surface area contributed by atoms with Gasteiger partial charge in [0.05, 0.1) is 12.0 Å². The van der Waals surface area contributed by atoms with Crippen LogP contribution in [-0.4, -0.2) is 57.5 Å². The second-order valence-electron chi connectivity index (χ2n) is 10.9. The van der Waals surface area contributed by atoms with Crippen molar-refractivity contribution < 1.29 is 19.4 Å². The summed E-state index contributed by atoms with van der Waals surface area (Å²) in [5, 5.41) is 25.3. The third-order valence-corrected chi connectivity index (χ3v) is 12.4. The molecule has 0 aliphatic carbocycles. The highest BCUT2D eigenvalue weighted by molar-refractivity contribution is 6.99. The summed E-state index contributed by atoms with van der Waals surface area (Å²) in [7, 11) is -2.85. The summed E-state index contributed by atoms with van der Waals surface area (Å²) in [5.74, 6) is 0.341. The zero-order valence-electron chi connectivity index (χ0n) is 21.6. The Morgan fingerprint density at radius 2 is 1.62 bits per heavy atom. The van der Waals surface area contributed by atoms with Crippen LogP contribution in [0.1, 0.15) is 33.9 Å². The summed E-state index contributed by atoms with van der Waals surface area (Å²) in [6.45, 7) is 8.26. The Labute approximate surface area is 217 Å². The highest BCUT2D eigenvalue weighted by Crippen LogP contribution is 2.42. The molecule has 1 aliphatic heterocycles. The monoisotopic (exact) mass is 518 g/mol. The number of anilines is 1. The lowest BCUT2D eigenvalue weighted by Crippen LogP contribution is -2.67. The Balaban J connectivity index is 1.51. The lowest BCUT2D eigenvalue weighted by molar-refractivity contribution is -0.0946. The number of aliphatic hydroxyl groups is 2. The Morgan fingerprint density at radius 1 is 1.03 bits per heavy atom. The van der Waals surface area contributed by atoms with Crippen LogP contribution in [0.2, 0.25) is 5.04 Å². The molecule has 0 radical (unpaired) electrons. The second kappa shape index (κ2) is 9.34. The van der Waals surface area contributed by atoms with E-state index < -0.39 is 32.4 Å². The molecule has 2 aromatic heterocycles. The number of hydrogen-bond acceptors (Lipinski definition) is 7. The van der Waals surface area contributed by atoms with Gasteiger partial charge in [0.1, 0.15) is 35.6 Å². The number of fused-ring (bicyclic) bond motifs is 1. The van der Waals surface area contributed by atoms with Crippen LogP contribution in [0.3, 0.4) is 0 Å². The third kappa shape index (κ3) is 4.16. The van der Waals surface area contributed by atoms with Crippen molar-refractivity contribution >= 4 is 35.5 Å². The van der Waals surface area contributed by atoms with Gasteiger partial charge < -0.3 is 29.7 Å². The molecule has 4 atom stereocenters. The van der Waals surface area contributed by atoms with Crippen LogP contribution in [0.5, 0.6) is 0 Å². The number of nitrogen functional groups attached to an aromatic ring is 1. The van der Waals surface area contributed by atoms with Gasteiger partial charge in [-0.2, -0.15) is 0 Å². The van der Waals surface area contributed by atoms with Gasteiger partial charge in [-0.3, -0.25) is 0 Å². The van der Waals surface area contributed by atoms with Gasteiger partial charge in [0.15, 0.2) is 6.23 Å². The van der Waals surface area contributed by atoms with E-state index >= 15 is 0 Å². The van der Waals surface area contributed by atoms with Crippen molar-refractivity contribution in [2.24, 2.45) is 0 Å². The molecule has 1 aliphatic rings. The number of rotatable bonds is 6. The van der Waals surface area contributed by atoms with Gasteiger partial charge in [-0.25, -0.2) is 9.97 Å². The molecule has 0 spiro atoms. The molecule has 1 fully saturated rings. The van der Waals surface area contributed by atoms with Gasteiger partial charge in [-0.05, 0) is 28.4 Å². The molecule has 5 rings (SSSR count). The van der Waals surface area contributed by atoms with E-state index in [0.29, 0.717) is 16.9 Å². The van der Waals surface area contributed by atoms with E-state index in [1.165, 1.54) is 6.33 Å². The molecule has 1 unspecified atom stereocenters. The van der Waals surface area contributed by atoms with Crippen LogP contribution in [0.25, 0.3) is 11.0 Å². The smallest absolute Gasteiger partial charge is 0.261 e. The Hall–Kier alpha value is -3.08. The Kier molecular flexibility index (Phi) is 6.45. The van der Waals surface area contributed by atoms with Crippen molar-refractivity contribution in [1.82, 2.24) is 14.5 Å². The highest BCUT2D eigenvalue weighted by Gasteiger charge is 2.56. The molecular weight excluding hydrogens is 484 g/mol. The van der Waals surface area contributed by atoms with Gasteiger partial charge in [0, 0.05) is 6.20 Å². The number of aliphatic hydroxyl groups excluding tert-OH is 1. The lowest BCUT2D eigenvalue weighted by Gasteiger charge is -2.43. The predicted molar refractivity (Wildman–Crippen MR) is 146 cm³/mol. The van der Waals surface area contributed by atoms with Crippen molar-refractivity contribution in [2.75, 3.05) is 12.3 Å². The van der Waals surface area contributed by atoms with Gasteiger partial charge in [0.25, 0.3) is 8.32 Å². The normalized spacial score (nSPS) is 24.5. The number of hydrogen-bond donors (Lipinski definition) is 3. The summed E-state index contributed by atoms with van der Waals surface area (Å²) in [6, 6.07) is 22.4. The first-order chi connectivity index (χ1) is 17.6. The van der Waals surface area contributed by atoms with Crippen LogP contribution in [-0.2, 0) is 9.16 Å². The first kappa shape index (κ1) is 25.6. The minimum atomic E-state index is -2.85. The standard InChI is InChI=1S/C28H34N4O4Si/c1-27(2,3)37(19-11-7-5-8-12-19,20-13-9-6-10-14-20)35-17-22-23(33)28(4,34)26(36-22)32-16-15-21-24(29)30-18-31-25(21)32/h5-16,18,22-23,26,33-34H,17H2,1-4H3,(H2,29,30,31)/t22-,23+,26-,28?/m1/s1. The average molecular weight is 519 g/mol. The maximum Gasteiger partial charge on any atom is 0.261 e. The number of nitrogens with zero attached hydrogens (tertiary/aromatic N) is 3. The maximum absolute atomic E-state index is 11.4. The largest absolute Gasteiger partial charge is 0.405 e. The maximum atomic E-state index is 11.4. The molecule has 8 nitrogen and oxygen atoms in total. The van der Waals surface area contributed by atoms with Crippen molar-refractivity contribution in [1.29, 1.82) is 0 Å². The lowest BCUT2D eigenvalue weighted by atomic mass is 9.96. The molecule has 0 amide bonds. The van der Waals surface area contributed by atoms with E-state index in [0.717, 1.165) is 10.4 Å². The summed E-state index contributed by atoms with van der Waals surface area (Å²) in [4.78, 5) is 8.37. The Bertz CT molecular complexity index is 1330. The third-order valence-electron chi connectivity index (χ3n) is 7.43. The molecule has 4 N–H and O–H groups in total. The average Bonchev–Trinajstić information content (AvgIpc) is 3.39. The van der Waals surface area contributed by atoms with Crippen LogP contribution in [0.15, 0.2) is 79.3 Å². The fourth-order valence-corrected chi connectivity index (χ4v) is 10.1. The van der Waals surface area contributed by atoms with Gasteiger partial charge in [-0.15, -0.1) is 0 Å². The van der Waals surface area contributed by atoms with Crippen molar-refractivity contribution in [2.45, 2.75) is 56.8 Å². The SMILES string of the molecule is CC1(O)[C@@H](O)[C@@H](CO[Si](c2ccccc2)(c2ccccc2)C(C)(C)C)O[C@H]1n1ccc2c(N)ncnc21. The van der Waals surface area contributed by atoms with E-state index in [2.05, 4.69) is 55.0 Å². The minimum Gasteiger partial charge on any atom is -0.405 e. The number of ether oxygens (including phenoxy) is 1. The first-order valence-electron chi connectivity index (χ1n) is 12.5. The molecule has 2 aromatic carbocycles. The van der Waals surface area contributed by atoms with Crippen LogP contribution in [0, 0.1) is 0 Å². The summed E-state index contributed by atoms with van der Waals surface area (Å²) in [5.41, 5.74) is 4.94. The van der Waals surface area contributed by atoms with Crippen LogP contribution < -0.4 is 16.1 Å². The molecule has 1 saturated heterocycles. The molecule has 0 saturated carbocycles. The van der Waals surface area contributed by atoms with Crippen molar-refractivity contribution in [3.63, 3.8) is 0 Å². The molecule has 0 bridgehead atoms. The topological polar surface area (TPSA) is 116 Å². The first-order valence-corrected chi connectivity index (χ1v) is 14.4. The number of benzene rings is 2. The van der Waals surface area contributed by atoms with Gasteiger partial charge in [0.2, 0.25) is 0 Å². The summed E-state index contributed by atoms with van der Waals surface area (Å²) < 4.78 is 15.0. The van der Waals surface area contributed by atoms with E-state index in [1.807, 2.05) is 36.4 Å². The number of nitrogens with two attached hydrogens (primary N) is 1. The zero-order chi connectivity index (χ0) is 26.4. The fourth-order valence-electron chi connectivity index (χ4n) is 5.53. The molecule has 194 valence electrons. The van der Waals surface area contributed by atoms with Crippen molar-refractivity contribution in [3.05, 3.63) is 79.3 Å². The molecule has 37 heavy (non-hydrogen) atoms. The zero-order valence-corrected chi connectivity index (χ0v) is 22.6.